The molecule has 0 atom stereocenters. The van der Waals surface area contributed by atoms with Gasteiger partial charge in [0.2, 0.25) is 5.78 Å². The van der Waals surface area contributed by atoms with E-state index in [9.17, 15) is 4.79 Å². The van der Waals surface area contributed by atoms with Crippen LogP contribution in [0.25, 0.3) is 16.0 Å². The fraction of sp³-hybridized carbons (Fsp3) is 0. The molecule has 0 aliphatic rings. The van der Waals surface area contributed by atoms with Gasteiger partial charge < -0.3 is 0 Å². The molecule has 0 aliphatic heterocycles. The van der Waals surface area contributed by atoms with Crippen LogP contribution in [0.2, 0.25) is 0 Å². The van der Waals surface area contributed by atoms with Crippen LogP contribution in [-0.2, 0) is 0 Å². The molecular weight excluding hydrogens is 390 g/mol. The molecule has 1 N–H and O–H groups in total. The van der Waals surface area contributed by atoms with Crippen molar-refractivity contribution in [2.75, 3.05) is 5.32 Å². The Morgan fingerprint density at radius 3 is 2.86 bits per heavy atom. The van der Waals surface area contributed by atoms with E-state index >= 15 is 0 Å². The number of imidazole rings is 1. The summed E-state index contributed by atoms with van der Waals surface area (Å²) >= 11 is 3.07. The summed E-state index contributed by atoms with van der Waals surface area (Å²) in [6, 6.07) is 17.1. The summed E-state index contributed by atoms with van der Waals surface area (Å²) in [4.78, 5) is 26.5. The molecule has 3 heterocycles. The second-order valence-corrected chi connectivity index (χ2v) is 8.08. The van der Waals surface area contributed by atoms with E-state index in [4.69, 9.17) is 0 Å². The van der Waals surface area contributed by atoms with Gasteiger partial charge >= 0.3 is 0 Å². The molecule has 0 saturated carbocycles. The molecule has 3 aromatic heterocycles. The van der Waals surface area contributed by atoms with Crippen LogP contribution in [0, 0.1) is 0 Å². The van der Waals surface area contributed by atoms with E-state index in [1.807, 2.05) is 53.2 Å². The molecule has 2 aromatic carbocycles. The Labute approximate surface area is 168 Å². The average Bonchev–Trinajstić information content (AvgIpc) is 3.32. The number of rotatable bonds is 4. The van der Waals surface area contributed by atoms with E-state index in [0.29, 0.717) is 16.5 Å². The number of carbonyl (C=O) groups excluding carboxylic acids is 1. The summed E-state index contributed by atoms with van der Waals surface area (Å²) in [5.41, 5.74) is 1.47. The monoisotopic (exact) mass is 403 g/mol. The lowest BCUT2D eigenvalue weighted by Gasteiger charge is -2.01. The van der Waals surface area contributed by atoms with Gasteiger partial charge in [-0.05, 0) is 36.4 Å². The van der Waals surface area contributed by atoms with Crippen molar-refractivity contribution in [1.82, 2.24) is 19.4 Å². The van der Waals surface area contributed by atoms with Crippen molar-refractivity contribution in [2.24, 2.45) is 0 Å². The zero-order chi connectivity index (χ0) is 18.9. The number of amides is 1. The van der Waals surface area contributed by atoms with Crippen molar-refractivity contribution in [1.29, 1.82) is 0 Å². The van der Waals surface area contributed by atoms with Crippen LogP contribution in [-0.4, -0.2) is 25.3 Å². The molecule has 5 rings (SSSR count). The van der Waals surface area contributed by atoms with Gasteiger partial charge in [-0.25, -0.2) is 15.0 Å². The molecule has 1 amide bonds. The van der Waals surface area contributed by atoms with Crippen molar-refractivity contribution in [3.8, 4) is 0 Å². The molecule has 0 fully saturated rings. The SMILES string of the molecule is O=C(Nc1nc2ccc(Sc3cnc4ncccn34)cc2s1)c1ccccc1. The minimum atomic E-state index is -0.160. The van der Waals surface area contributed by atoms with Crippen LogP contribution in [0.1, 0.15) is 10.4 Å². The number of hydrogen-bond donors (Lipinski definition) is 1. The molecule has 28 heavy (non-hydrogen) atoms. The molecule has 0 radical (unpaired) electrons. The molecule has 6 nitrogen and oxygen atoms in total. The number of nitrogens with one attached hydrogen (secondary N) is 1. The maximum atomic E-state index is 12.3. The number of aromatic nitrogens is 4. The minimum absolute atomic E-state index is 0.160. The molecule has 5 aromatic rings. The Hall–Kier alpha value is -3.23. The highest BCUT2D eigenvalue weighted by Crippen LogP contribution is 2.33. The minimum Gasteiger partial charge on any atom is -0.298 e. The van der Waals surface area contributed by atoms with Gasteiger partial charge in [0.1, 0.15) is 5.03 Å². The van der Waals surface area contributed by atoms with E-state index in [1.165, 1.54) is 11.3 Å². The lowest BCUT2D eigenvalue weighted by atomic mass is 10.2. The maximum absolute atomic E-state index is 12.3. The smallest absolute Gasteiger partial charge is 0.257 e. The second-order valence-electron chi connectivity index (χ2n) is 5.96. The molecule has 0 saturated heterocycles. The second kappa shape index (κ2) is 7.06. The van der Waals surface area contributed by atoms with Crippen LogP contribution >= 0.6 is 23.1 Å². The first-order chi connectivity index (χ1) is 13.8. The van der Waals surface area contributed by atoms with Crippen molar-refractivity contribution >= 4 is 50.1 Å². The van der Waals surface area contributed by atoms with Crippen molar-refractivity contribution in [2.45, 2.75) is 9.92 Å². The largest absolute Gasteiger partial charge is 0.298 e. The third-order valence-corrected chi connectivity index (χ3v) is 6.03. The standard InChI is InChI=1S/C20H13N5OS2/c26-18(13-5-2-1-3-6-13)24-20-23-15-8-7-14(11-16(15)28-20)27-17-12-22-19-21-9-4-10-25(17)19/h1-12H,(H,23,24,26). The van der Waals surface area contributed by atoms with Crippen molar-refractivity contribution < 1.29 is 4.79 Å². The average molecular weight is 403 g/mol. The van der Waals surface area contributed by atoms with Gasteiger partial charge in [0.25, 0.3) is 5.91 Å². The Morgan fingerprint density at radius 2 is 1.96 bits per heavy atom. The summed E-state index contributed by atoms with van der Waals surface area (Å²) in [5, 5.41) is 4.45. The highest BCUT2D eigenvalue weighted by atomic mass is 32.2. The van der Waals surface area contributed by atoms with Crippen LogP contribution in [0.5, 0.6) is 0 Å². The number of hydrogen-bond acceptors (Lipinski definition) is 6. The predicted octanol–water partition coefficient (Wildman–Crippen LogP) is 4.74. The topological polar surface area (TPSA) is 72.2 Å². The Bertz CT molecular complexity index is 1300. The zero-order valence-electron chi connectivity index (χ0n) is 14.4. The highest BCUT2D eigenvalue weighted by Gasteiger charge is 2.11. The molecule has 136 valence electrons. The van der Waals surface area contributed by atoms with Gasteiger partial charge in [-0.3, -0.25) is 14.5 Å². The molecule has 8 heteroatoms. The summed E-state index contributed by atoms with van der Waals surface area (Å²) in [6.07, 6.45) is 5.49. The first-order valence-electron chi connectivity index (χ1n) is 8.49. The number of thiazole rings is 1. The zero-order valence-corrected chi connectivity index (χ0v) is 16.1. The highest BCUT2D eigenvalue weighted by molar-refractivity contribution is 7.99. The molecule has 0 spiro atoms. The third-order valence-electron chi connectivity index (χ3n) is 4.09. The van der Waals surface area contributed by atoms with E-state index in [2.05, 4.69) is 26.3 Å². The van der Waals surface area contributed by atoms with E-state index < -0.39 is 0 Å². The van der Waals surface area contributed by atoms with Crippen molar-refractivity contribution in [3.05, 3.63) is 78.8 Å². The maximum Gasteiger partial charge on any atom is 0.257 e. The Morgan fingerprint density at radius 1 is 1.07 bits per heavy atom. The molecule has 0 aliphatic carbocycles. The number of anilines is 1. The first kappa shape index (κ1) is 16.9. The van der Waals surface area contributed by atoms with Crippen LogP contribution < -0.4 is 5.32 Å². The predicted molar refractivity (Wildman–Crippen MR) is 111 cm³/mol. The number of nitrogens with zero attached hydrogens (tertiary/aromatic N) is 4. The Balaban J connectivity index is 1.40. The molecule has 0 bridgehead atoms. The third kappa shape index (κ3) is 3.23. The van der Waals surface area contributed by atoms with Gasteiger partial charge in [0.05, 0.1) is 16.4 Å². The number of carbonyl (C=O) groups is 1. The van der Waals surface area contributed by atoms with Crippen LogP contribution in [0.15, 0.2) is 83.1 Å². The summed E-state index contributed by atoms with van der Waals surface area (Å²) in [5.74, 6) is 0.516. The molecule has 0 unspecified atom stereocenters. The van der Waals surface area contributed by atoms with Crippen molar-refractivity contribution in [3.63, 3.8) is 0 Å². The lowest BCUT2D eigenvalue weighted by Crippen LogP contribution is -2.11. The van der Waals surface area contributed by atoms with E-state index in [0.717, 1.165) is 20.1 Å². The fourth-order valence-corrected chi connectivity index (χ4v) is 4.66. The van der Waals surface area contributed by atoms with Crippen LogP contribution in [0.3, 0.4) is 0 Å². The van der Waals surface area contributed by atoms with Gasteiger partial charge in [0, 0.05) is 22.9 Å². The fourth-order valence-electron chi connectivity index (χ4n) is 2.78. The summed E-state index contributed by atoms with van der Waals surface area (Å²) in [6.45, 7) is 0. The Kier molecular flexibility index (Phi) is 4.27. The summed E-state index contributed by atoms with van der Waals surface area (Å²) in [7, 11) is 0. The normalized spacial score (nSPS) is 11.1. The molecular formula is C20H13N5OS2. The van der Waals surface area contributed by atoms with Gasteiger partial charge in [-0.15, -0.1) is 0 Å². The van der Waals surface area contributed by atoms with Gasteiger partial charge in [0.15, 0.2) is 5.13 Å². The number of benzene rings is 2. The van der Waals surface area contributed by atoms with E-state index in [1.54, 1.807) is 30.1 Å². The number of fused-ring (bicyclic) bond motifs is 2. The van der Waals surface area contributed by atoms with Gasteiger partial charge in [-0.1, -0.05) is 41.3 Å². The lowest BCUT2D eigenvalue weighted by molar-refractivity contribution is 0.102. The summed E-state index contributed by atoms with van der Waals surface area (Å²) < 4.78 is 2.97. The quantitative estimate of drug-likeness (QED) is 0.469. The van der Waals surface area contributed by atoms with Crippen LogP contribution in [0.4, 0.5) is 5.13 Å². The first-order valence-corrected chi connectivity index (χ1v) is 10.1. The van der Waals surface area contributed by atoms with E-state index in [-0.39, 0.29) is 5.91 Å². The van der Waals surface area contributed by atoms with Gasteiger partial charge in [-0.2, -0.15) is 0 Å².